The minimum atomic E-state index is 0.0153. The van der Waals surface area contributed by atoms with E-state index in [-0.39, 0.29) is 11.8 Å². The van der Waals surface area contributed by atoms with Crippen molar-refractivity contribution in [1.82, 2.24) is 24.4 Å². The van der Waals surface area contributed by atoms with Crippen molar-refractivity contribution < 1.29 is 9.90 Å². The summed E-state index contributed by atoms with van der Waals surface area (Å²) in [6, 6.07) is 31.9. The van der Waals surface area contributed by atoms with Crippen molar-refractivity contribution in [3.63, 3.8) is 0 Å². The summed E-state index contributed by atoms with van der Waals surface area (Å²) in [6.45, 7) is 2.69. The molecule has 0 atom stereocenters. The number of aldehydes is 1. The molecule has 3 aromatic carbocycles. The predicted molar refractivity (Wildman–Crippen MR) is 177 cm³/mol. The highest BCUT2D eigenvalue weighted by Gasteiger charge is 2.22. The molecule has 0 saturated carbocycles. The second-order valence-electron chi connectivity index (χ2n) is 11.3. The number of rotatable bonds is 8. The number of hydrogen-bond donors (Lipinski definition) is 3. The normalized spacial score (nSPS) is 14.0. The zero-order chi connectivity index (χ0) is 30.8. The number of likely N-dealkylation sites (tertiary alicyclic amines) is 1. The molecular weight excluding hydrogens is 562 g/mol. The number of carbonyl (C=O) groups excluding carboxylic acids is 1. The topological polar surface area (TPSA) is 122 Å². The maximum Gasteiger partial charge on any atom is 0.165 e. The second-order valence-corrected chi connectivity index (χ2v) is 11.3. The van der Waals surface area contributed by atoms with Crippen LogP contribution in [0.15, 0.2) is 103 Å². The number of para-hydroxylation sites is 1. The van der Waals surface area contributed by atoms with Crippen LogP contribution in [-0.4, -0.2) is 54.9 Å². The van der Waals surface area contributed by atoms with E-state index < -0.39 is 0 Å². The molecule has 0 radical (unpaired) electrons. The van der Waals surface area contributed by atoms with Crippen LogP contribution in [0.3, 0.4) is 0 Å². The Morgan fingerprint density at radius 3 is 2.44 bits per heavy atom. The summed E-state index contributed by atoms with van der Waals surface area (Å²) < 4.78 is 2.06. The minimum absolute atomic E-state index is 0.0153. The van der Waals surface area contributed by atoms with Crippen molar-refractivity contribution in [2.45, 2.75) is 25.4 Å². The van der Waals surface area contributed by atoms with E-state index in [9.17, 15) is 9.90 Å². The number of carbonyl (C=O) groups is 1. The quantitative estimate of drug-likeness (QED) is 0.138. The first kappa shape index (κ1) is 28.2. The molecule has 7 rings (SSSR count). The van der Waals surface area contributed by atoms with Crippen LogP contribution in [0.25, 0.3) is 39.5 Å². The molecule has 0 bridgehead atoms. The number of hydrogen-bond acceptors (Lipinski definition) is 8. The van der Waals surface area contributed by atoms with Gasteiger partial charge in [-0.15, -0.1) is 0 Å². The Balaban J connectivity index is 1.12. The number of nitrogens with one attached hydrogen (secondary N) is 1. The lowest BCUT2D eigenvalue weighted by Crippen LogP contribution is -2.38. The zero-order valence-corrected chi connectivity index (χ0v) is 24.7. The molecule has 4 heterocycles. The van der Waals surface area contributed by atoms with Crippen LogP contribution >= 0.6 is 0 Å². The third-order valence-electron chi connectivity index (χ3n) is 8.40. The van der Waals surface area contributed by atoms with Gasteiger partial charge in [-0.2, -0.15) is 0 Å². The Morgan fingerprint density at radius 1 is 0.889 bits per heavy atom. The van der Waals surface area contributed by atoms with Crippen molar-refractivity contribution in [1.29, 1.82) is 0 Å². The number of imidazole rings is 1. The van der Waals surface area contributed by atoms with Gasteiger partial charge in [0.05, 0.1) is 22.5 Å². The standard InChI is InChI=1S/C36H33N7O2/c37-34-29(9-5-19-38-34)35-41-32-16-15-30(25-6-2-1-3-7-25)40-36(32)43(35)28-13-11-24(12-14-28)22-42-20-17-27(18-21-42)39-31-10-4-8-26(23-44)33(31)45/h1-16,19,23,27,39,45H,17-18,20-22H2,(H2,37,38). The predicted octanol–water partition coefficient (Wildman–Crippen LogP) is 6.33. The van der Waals surface area contributed by atoms with Gasteiger partial charge in [-0.25, -0.2) is 15.0 Å². The Bertz CT molecular complexity index is 1960. The first-order valence-corrected chi connectivity index (χ1v) is 15.1. The summed E-state index contributed by atoms with van der Waals surface area (Å²) in [6.07, 6.45) is 4.24. The Morgan fingerprint density at radius 2 is 1.69 bits per heavy atom. The molecule has 1 aliphatic heterocycles. The smallest absolute Gasteiger partial charge is 0.165 e. The molecule has 1 saturated heterocycles. The maximum absolute atomic E-state index is 11.2. The number of aromatic hydroxyl groups is 1. The van der Waals surface area contributed by atoms with Crippen LogP contribution in [0.5, 0.6) is 5.75 Å². The largest absolute Gasteiger partial charge is 0.505 e. The van der Waals surface area contributed by atoms with E-state index in [1.54, 1.807) is 18.3 Å². The SMILES string of the molecule is Nc1ncccc1-c1nc2ccc(-c3ccccc3)nc2n1-c1ccc(CN2CCC(Nc3cccc(C=O)c3O)CC2)cc1. The van der Waals surface area contributed by atoms with Crippen molar-refractivity contribution in [2.75, 3.05) is 24.1 Å². The number of aromatic nitrogens is 4. The van der Waals surface area contributed by atoms with Gasteiger partial charge in [-0.1, -0.05) is 48.5 Å². The zero-order valence-electron chi connectivity index (χ0n) is 24.7. The molecule has 0 aliphatic carbocycles. The Hall–Kier alpha value is -5.54. The lowest BCUT2D eigenvalue weighted by Gasteiger charge is -2.33. The van der Waals surface area contributed by atoms with Gasteiger partial charge in [0, 0.05) is 43.1 Å². The molecule has 45 heavy (non-hydrogen) atoms. The van der Waals surface area contributed by atoms with Crippen LogP contribution in [-0.2, 0) is 6.54 Å². The summed E-state index contributed by atoms with van der Waals surface area (Å²) >= 11 is 0. The van der Waals surface area contributed by atoms with Gasteiger partial charge in [0.1, 0.15) is 17.1 Å². The van der Waals surface area contributed by atoms with Gasteiger partial charge in [0.2, 0.25) is 0 Å². The number of benzene rings is 3. The lowest BCUT2D eigenvalue weighted by molar-refractivity contribution is 0.112. The lowest BCUT2D eigenvalue weighted by atomic mass is 10.0. The van der Waals surface area contributed by atoms with Gasteiger partial charge >= 0.3 is 0 Å². The van der Waals surface area contributed by atoms with E-state index in [1.807, 2.05) is 48.5 Å². The Labute approximate surface area is 261 Å². The molecule has 0 amide bonds. The highest BCUT2D eigenvalue weighted by molar-refractivity contribution is 5.85. The third-order valence-corrected chi connectivity index (χ3v) is 8.40. The van der Waals surface area contributed by atoms with Crippen LogP contribution in [0.1, 0.15) is 28.8 Å². The number of piperidine rings is 1. The van der Waals surface area contributed by atoms with E-state index in [4.69, 9.17) is 15.7 Å². The van der Waals surface area contributed by atoms with E-state index >= 15 is 0 Å². The number of phenols is 1. The number of pyridine rings is 2. The van der Waals surface area contributed by atoms with Gasteiger partial charge in [-0.3, -0.25) is 14.3 Å². The van der Waals surface area contributed by atoms with E-state index in [2.05, 4.69) is 56.2 Å². The van der Waals surface area contributed by atoms with Crippen molar-refractivity contribution in [2.24, 2.45) is 0 Å². The summed E-state index contributed by atoms with van der Waals surface area (Å²) in [4.78, 5) is 28.0. The molecule has 6 aromatic rings. The summed E-state index contributed by atoms with van der Waals surface area (Å²) in [5.41, 5.74) is 13.6. The Kier molecular flexibility index (Phi) is 7.67. The number of fused-ring (bicyclic) bond motifs is 1. The van der Waals surface area contributed by atoms with Crippen molar-refractivity contribution in [3.05, 3.63) is 114 Å². The highest BCUT2D eigenvalue weighted by atomic mass is 16.3. The molecular formula is C36H33N7O2. The van der Waals surface area contributed by atoms with Crippen LogP contribution in [0.4, 0.5) is 11.5 Å². The molecule has 4 N–H and O–H groups in total. The maximum atomic E-state index is 11.2. The first-order valence-electron chi connectivity index (χ1n) is 15.1. The molecule has 1 fully saturated rings. The van der Waals surface area contributed by atoms with E-state index in [0.29, 0.717) is 29.2 Å². The fraction of sp³-hybridized carbons (Fsp3) is 0.167. The summed E-state index contributed by atoms with van der Waals surface area (Å²) in [7, 11) is 0. The van der Waals surface area contributed by atoms with Gasteiger partial charge in [-0.05, 0) is 66.9 Å². The van der Waals surface area contributed by atoms with Gasteiger partial charge < -0.3 is 16.2 Å². The average Bonchev–Trinajstić information content (AvgIpc) is 3.46. The molecule has 3 aromatic heterocycles. The van der Waals surface area contributed by atoms with Crippen molar-refractivity contribution in [3.8, 4) is 34.1 Å². The van der Waals surface area contributed by atoms with Gasteiger partial charge in [0.15, 0.2) is 17.8 Å². The van der Waals surface area contributed by atoms with E-state index in [1.165, 1.54) is 5.56 Å². The molecule has 1 aliphatic rings. The van der Waals surface area contributed by atoms with Gasteiger partial charge in [0.25, 0.3) is 0 Å². The van der Waals surface area contributed by atoms with Crippen LogP contribution < -0.4 is 11.1 Å². The number of nitrogens with two attached hydrogens (primary N) is 1. The van der Waals surface area contributed by atoms with Crippen LogP contribution in [0.2, 0.25) is 0 Å². The highest BCUT2D eigenvalue weighted by Crippen LogP contribution is 2.32. The summed E-state index contributed by atoms with van der Waals surface area (Å²) in [5.74, 6) is 1.13. The number of nitrogens with zero attached hydrogens (tertiary/aromatic N) is 5. The van der Waals surface area contributed by atoms with E-state index in [0.717, 1.165) is 66.1 Å². The molecule has 0 spiro atoms. The fourth-order valence-electron chi connectivity index (χ4n) is 6.00. The molecule has 224 valence electrons. The molecule has 0 unspecified atom stereocenters. The summed E-state index contributed by atoms with van der Waals surface area (Å²) in [5, 5.41) is 13.8. The molecule has 9 heteroatoms. The average molecular weight is 596 g/mol. The third kappa shape index (κ3) is 5.73. The minimum Gasteiger partial charge on any atom is -0.505 e. The second kappa shape index (κ2) is 12.2. The monoisotopic (exact) mass is 595 g/mol. The number of nitrogen functional groups attached to an aromatic ring is 1. The van der Waals surface area contributed by atoms with Crippen LogP contribution in [0, 0.1) is 0 Å². The fourth-order valence-corrected chi connectivity index (χ4v) is 6.00. The first-order chi connectivity index (χ1) is 22.1. The number of anilines is 2. The number of phenolic OH excluding ortho intramolecular Hbond substituents is 1. The molecule has 9 nitrogen and oxygen atoms in total. The van der Waals surface area contributed by atoms with Crippen molar-refractivity contribution >= 4 is 29.0 Å².